The quantitative estimate of drug-likeness (QED) is 0.331. The predicted molar refractivity (Wildman–Crippen MR) is 148 cm³/mol. The number of ether oxygens (including phenoxy) is 1. The van der Waals surface area contributed by atoms with E-state index < -0.39 is 40.9 Å². The Labute approximate surface area is 231 Å². The number of carbonyl (C=O) groups excluding carboxylic acids is 1. The fourth-order valence-corrected chi connectivity index (χ4v) is 5.22. The zero-order valence-electron chi connectivity index (χ0n) is 23.5. The fourth-order valence-electron chi connectivity index (χ4n) is 5.22. The topological polar surface area (TPSA) is 123 Å². The maximum Gasteiger partial charge on any atom is 0.407 e. The highest BCUT2D eigenvalue weighted by Gasteiger charge is 2.43. The standard InChI is InChI=1S/C29H35F2N5O4/c1-15(2)14-40-22-9-7-8-16(3)24(22)36-25(17-12-19(31)21(13-18(17)30)33-27(32)37)23-20(34-36)10-11-35(28(38)39)26(23)29(4,5)6/h7-9,12-13,15,26H,10-11,14H2,1-6H3,(H,38,39)(H3,32,33,37). The monoisotopic (exact) mass is 555 g/mol. The molecule has 1 aliphatic rings. The number of aromatic nitrogens is 2. The van der Waals surface area contributed by atoms with Gasteiger partial charge in [-0.05, 0) is 36.0 Å². The summed E-state index contributed by atoms with van der Waals surface area (Å²) >= 11 is 0. The molecular weight excluding hydrogens is 520 g/mol. The van der Waals surface area contributed by atoms with Crippen molar-refractivity contribution in [3.63, 3.8) is 0 Å². The molecule has 3 amide bonds. The molecule has 1 aliphatic heterocycles. The third-order valence-electron chi connectivity index (χ3n) is 6.79. The molecule has 1 aromatic heterocycles. The Morgan fingerprint density at radius 3 is 2.52 bits per heavy atom. The highest BCUT2D eigenvalue weighted by molar-refractivity contribution is 5.88. The van der Waals surface area contributed by atoms with E-state index in [-0.39, 0.29) is 30.1 Å². The van der Waals surface area contributed by atoms with Crippen molar-refractivity contribution >= 4 is 17.8 Å². The van der Waals surface area contributed by atoms with E-state index in [1.165, 1.54) is 4.90 Å². The van der Waals surface area contributed by atoms with Crippen LogP contribution >= 0.6 is 0 Å². The molecule has 40 heavy (non-hydrogen) atoms. The lowest BCUT2D eigenvalue weighted by Gasteiger charge is -2.42. The van der Waals surface area contributed by atoms with Crippen LogP contribution in [0.2, 0.25) is 0 Å². The lowest BCUT2D eigenvalue weighted by Crippen LogP contribution is -2.44. The number of primary amides is 1. The first-order valence-corrected chi connectivity index (χ1v) is 13.1. The summed E-state index contributed by atoms with van der Waals surface area (Å²) in [5, 5.41) is 17.1. The van der Waals surface area contributed by atoms with Gasteiger partial charge in [-0.2, -0.15) is 5.10 Å². The maximum absolute atomic E-state index is 15.9. The average Bonchev–Trinajstić information content (AvgIpc) is 3.21. The smallest absolute Gasteiger partial charge is 0.407 e. The number of rotatable bonds is 6. The summed E-state index contributed by atoms with van der Waals surface area (Å²) in [6, 6.07) is 5.57. The van der Waals surface area contributed by atoms with Gasteiger partial charge in [0.05, 0.1) is 29.7 Å². The Hall–Kier alpha value is -4.15. The molecule has 214 valence electrons. The van der Waals surface area contributed by atoms with Gasteiger partial charge < -0.3 is 25.8 Å². The van der Waals surface area contributed by atoms with E-state index in [2.05, 4.69) is 5.32 Å². The Bertz CT molecular complexity index is 1460. The van der Waals surface area contributed by atoms with Crippen molar-refractivity contribution < 1.29 is 28.2 Å². The minimum Gasteiger partial charge on any atom is -0.491 e. The van der Waals surface area contributed by atoms with E-state index >= 15 is 8.78 Å². The molecule has 2 aromatic carbocycles. The zero-order chi connectivity index (χ0) is 29.5. The second kappa shape index (κ2) is 10.8. The van der Waals surface area contributed by atoms with E-state index in [4.69, 9.17) is 15.6 Å². The first-order valence-electron chi connectivity index (χ1n) is 13.1. The Morgan fingerprint density at radius 1 is 1.23 bits per heavy atom. The third kappa shape index (κ3) is 5.45. The van der Waals surface area contributed by atoms with E-state index in [1.54, 1.807) is 10.7 Å². The van der Waals surface area contributed by atoms with Crippen molar-refractivity contribution in [2.45, 2.75) is 54.0 Å². The highest BCUT2D eigenvalue weighted by Crippen LogP contribution is 2.48. The fraction of sp³-hybridized carbons (Fsp3) is 0.414. The number of aryl methyl sites for hydroxylation is 1. The van der Waals surface area contributed by atoms with E-state index in [0.717, 1.165) is 17.7 Å². The number of benzene rings is 2. The number of amides is 3. The number of anilines is 1. The van der Waals surface area contributed by atoms with Crippen molar-refractivity contribution in [3.05, 3.63) is 58.8 Å². The van der Waals surface area contributed by atoms with Crippen molar-refractivity contribution in [2.24, 2.45) is 17.1 Å². The molecule has 2 heterocycles. The van der Waals surface area contributed by atoms with Gasteiger partial charge in [-0.15, -0.1) is 0 Å². The minimum absolute atomic E-state index is 0.138. The number of nitrogens with one attached hydrogen (secondary N) is 1. The number of carboxylic acid groups (broad SMARTS) is 1. The van der Waals surface area contributed by atoms with E-state index in [0.29, 0.717) is 29.3 Å². The molecule has 0 saturated carbocycles. The zero-order valence-corrected chi connectivity index (χ0v) is 23.5. The Kier molecular flexibility index (Phi) is 7.78. The van der Waals surface area contributed by atoms with Gasteiger partial charge in [-0.3, -0.25) is 0 Å². The summed E-state index contributed by atoms with van der Waals surface area (Å²) in [5.41, 5.74) is 6.57. The van der Waals surface area contributed by atoms with Crippen LogP contribution < -0.4 is 15.8 Å². The molecule has 11 heteroatoms. The number of nitrogens with zero attached hydrogens (tertiary/aromatic N) is 3. The molecule has 1 unspecified atom stereocenters. The minimum atomic E-state index is -1.12. The maximum atomic E-state index is 15.9. The number of urea groups is 1. The lowest BCUT2D eigenvalue weighted by atomic mass is 9.77. The molecule has 4 rings (SSSR count). The molecular formula is C29H35F2N5O4. The average molecular weight is 556 g/mol. The molecule has 0 bridgehead atoms. The number of hydrogen-bond acceptors (Lipinski definition) is 4. The van der Waals surface area contributed by atoms with Crippen molar-refractivity contribution in [3.8, 4) is 22.7 Å². The summed E-state index contributed by atoms with van der Waals surface area (Å²) < 4.78 is 38.8. The number of hydrogen-bond donors (Lipinski definition) is 3. The van der Waals surface area contributed by atoms with Gasteiger partial charge in [0.25, 0.3) is 0 Å². The summed E-state index contributed by atoms with van der Waals surface area (Å²) in [4.78, 5) is 25.0. The molecule has 0 spiro atoms. The molecule has 0 aliphatic carbocycles. The van der Waals surface area contributed by atoms with Crippen LogP contribution in [-0.2, 0) is 6.42 Å². The van der Waals surface area contributed by atoms with Crippen LogP contribution in [0.25, 0.3) is 16.9 Å². The van der Waals surface area contributed by atoms with Gasteiger partial charge in [0.1, 0.15) is 23.1 Å². The first kappa shape index (κ1) is 28.8. The third-order valence-corrected chi connectivity index (χ3v) is 6.79. The van der Waals surface area contributed by atoms with E-state index in [9.17, 15) is 14.7 Å². The molecule has 0 saturated heterocycles. The number of carbonyl (C=O) groups is 2. The van der Waals surface area contributed by atoms with Crippen LogP contribution in [-0.4, -0.2) is 45.1 Å². The number of fused-ring (bicyclic) bond motifs is 1. The molecule has 1 atom stereocenters. The molecule has 3 aromatic rings. The number of nitrogens with two attached hydrogens (primary N) is 1. The van der Waals surface area contributed by atoms with Crippen LogP contribution in [0, 0.1) is 29.9 Å². The van der Waals surface area contributed by atoms with Gasteiger partial charge >= 0.3 is 12.1 Å². The normalized spacial score (nSPS) is 15.2. The molecule has 4 N–H and O–H groups in total. The molecule has 0 radical (unpaired) electrons. The van der Waals surface area contributed by atoms with Crippen LogP contribution in [0.3, 0.4) is 0 Å². The second-order valence-electron chi connectivity index (χ2n) is 11.5. The number of para-hydroxylation sites is 1. The van der Waals surface area contributed by atoms with Crippen molar-refractivity contribution in [1.82, 2.24) is 14.7 Å². The Balaban J connectivity index is 2.09. The second-order valence-corrected chi connectivity index (χ2v) is 11.5. The van der Waals surface area contributed by atoms with Gasteiger partial charge in [0.2, 0.25) is 0 Å². The van der Waals surface area contributed by atoms with Crippen molar-refractivity contribution in [2.75, 3.05) is 18.5 Å². The number of halogens is 2. The largest absolute Gasteiger partial charge is 0.491 e. The van der Waals surface area contributed by atoms with Crippen LogP contribution in [0.5, 0.6) is 5.75 Å². The molecule has 0 fully saturated rings. The van der Waals surface area contributed by atoms with Crippen LogP contribution in [0.1, 0.15) is 57.5 Å². The van der Waals surface area contributed by atoms with Gasteiger partial charge in [-0.25, -0.2) is 23.1 Å². The summed E-state index contributed by atoms with van der Waals surface area (Å²) in [6.07, 6.45) is -0.831. The van der Waals surface area contributed by atoms with Gasteiger partial charge in [0.15, 0.2) is 0 Å². The highest BCUT2D eigenvalue weighted by atomic mass is 19.1. The summed E-state index contributed by atoms with van der Waals surface area (Å²) in [7, 11) is 0. The predicted octanol–water partition coefficient (Wildman–Crippen LogP) is 6.27. The van der Waals surface area contributed by atoms with Crippen LogP contribution in [0.4, 0.5) is 24.1 Å². The summed E-state index contributed by atoms with van der Waals surface area (Å²) in [5.74, 6) is -1.02. The van der Waals surface area contributed by atoms with Gasteiger partial charge in [-0.1, -0.05) is 46.8 Å². The first-order chi connectivity index (χ1) is 18.7. The van der Waals surface area contributed by atoms with Crippen molar-refractivity contribution in [1.29, 1.82) is 0 Å². The lowest BCUT2D eigenvalue weighted by molar-refractivity contribution is 0.0760. The van der Waals surface area contributed by atoms with E-state index in [1.807, 2.05) is 53.7 Å². The summed E-state index contributed by atoms with van der Waals surface area (Å²) in [6.45, 7) is 12.2. The SMILES string of the molecule is Cc1cccc(OCC(C)C)c1-n1nc2c(c1-c1cc(F)c(NC(N)=O)cc1F)C(C(C)(C)C)N(C(=O)O)CC2. The van der Waals surface area contributed by atoms with Crippen LogP contribution in [0.15, 0.2) is 30.3 Å². The molecule has 9 nitrogen and oxygen atoms in total. The Morgan fingerprint density at radius 2 is 1.93 bits per heavy atom. The van der Waals surface area contributed by atoms with Gasteiger partial charge in [0, 0.05) is 30.2 Å².